The molecule has 22 heavy (non-hydrogen) atoms. The summed E-state index contributed by atoms with van der Waals surface area (Å²) in [5.41, 5.74) is 1.73. The van der Waals surface area contributed by atoms with Crippen LogP contribution >= 0.6 is 11.3 Å². The van der Waals surface area contributed by atoms with Gasteiger partial charge in [-0.15, -0.1) is 16.4 Å². The summed E-state index contributed by atoms with van der Waals surface area (Å²) in [6, 6.07) is 12.2. The van der Waals surface area contributed by atoms with Crippen LogP contribution in [-0.2, 0) is 17.9 Å². The molecule has 0 spiro atoms. The van der Waals surface area contributed by atoms with Crippen molar-refractivity contribution in [3.63, 3.8) is 0 Å². The van der Waals surface area contributed by atoms with Gasteiger partial charge in [0.15, 0.2) is 0 Å². The van der Waals surface area contributed by atoms with E-state index in [1.54, 1.807) is 16.0 Å². The molecule has 0 unspecified atom stereocenters. The Labute approximate surface area is 132 Å². The number of hydrogen-bond donors (Lipinski definition) is 0. The highest BCUT2D eigenvalue weighted by molar-refractivity contribution is 7.09. The maximum atomic E-state index is 12.7. The molecule has 2 heterocycles. The molecule has 3 aromatic rings. The van der Waals surface area contributed by atoms with Gasteiger partial charge in [0.1, 0.15) is 12.1 Å². The van der Waals surface area contributed by atoms with Crippen LogP contribution in [0, 0.1) is 0 Å². The second-order valence-electron chi connectivity index (χ2n) is 5.57. The molecule has 0 radical (unpaired) electrons. The first-order valence-electron chi connectivity index (χ1n) is 7.41. The summed E-state index contributed by atoms with van der Waals surface area (Å²) in [4.78, 5) is 15.9. The topological polar surface area (TPSA) is 51.0 Å². The number of para-hydroxylation sites is 1. The highest BCUT2D eigenvalue weighted by atomic mass is 32.1. The van der Waals surface area contributed by atoms with Gasteiger partial charge in [0.2, 0.25) is 5.91 Å². The number of carbonyl (C=O) groups is 1. The van der Waals surface area contributed by atoms with Gasteiger partial charge < -0.3 is 4.90 Å². The third kappa shape index (κ3) is 2.62. The number of hydrogen-bond acceptors (Lipinski definition) is 4. The smallest absolute Gasteiger partial charge is 0.244 e. The van der Waals surface area contributed by atoms with E-state index in [4.69, 9.17) is 0 Å². The Morgan fingerprint density at radius 2 is 2.14 bits per heavy atom. The van der Waals surface area contributed by atoms with Crippen molar-refractivity contribution in [3.05, 3.63) is 46.7 Å². The van der Waals surface area contributed by atoms with Gasteiger partial charge in [-0.2, -0.15) is 0 Å². The molecule has 112 valence electrons. The number of rotatable bonds is 5. The van der Waals surface area contributed by atoms with Gasteiger partial charge in [0.05, 0.1) is 12.1 Å². The molecule has 0 atom stereocenters. The molecule has 2 aromatic heterocycles. The molecule has 1 amide bonds. The number of carbonyl (C=O) groups excluding carboxylic acids is 1. The Hall–Kier alpha value is -2.21. The molecule has 0 saturated heterocycles. The van der Waals surface area contributed by atoms with Crippen molar-refractivity contribution in [2.75, 3.05) is 0 Å². The van der Waals surface area contributed by atoms with Gasteiger partial charge in [-0.3, -0.25) is 4.79 Å². The summed E-state index contributed by atoms with van der Waals surface area (Å²) >= 11 is 1.70. The lowest BCUT2D eigenvalue weighted by Gasteiger charge is -2.21. The average molecular weight is 312 g/mol. The molecule has 1 fully saturated rings. The number of thiophene rings is 1. The fourth-order valence-corrected chi connectivity index (χ4v) is 3.33. The molecule has 1 aliphatic rings. The lowest BCUT2D eigenvalue weighted by molar-refractivity contribution is -0.133. The van der Waals surface area contributed by atoms with Crippen LogP contribution in [0.4, 0.5) is 0 Å². The van der Waals surface area contributed by atoms with Crippen LogP contribution in [0.5, 0.6) is 0 Å². The molecular weight excluding hydrogens is 296 g/mol. The minimum Gasteiger partial charge on any atom is -0.333 e. The largest absolute Gasteiger partial charge is 0.333 e. The van der Waals surface area contributed by atoms with E-state index in [1.807, 2.05) is 35.2 Å². The van der Waals surface area contributed by atoms with Gasteiger partial charge >= 0.3 is 0 Å². The maximum Gasteiger partial charge on any atom is 0.244 e. The number of aromatic nitrogens is 3. The highest BCUT2D eigenvalue weighted by Crippen LogP contribution is 2.29. The zero-order valence-electron chi connectivity index (χ0n) is 12.1. The van der Waals surface area contributed by atoms with E-state index in [0.717, 1.165) is 23.9 Å². The van der Waals surface area contributed by atoms with Gasteiger partial charge in [0, 0.05) is 10.9 Å². The summed E-state index contributed by atoms with van der Waals surface area (Å²) in [5.74, 6) is 0.117. The second kappa shape index (κ2) is 5.53. The standard InChI is InChI=1S/C16H16N4OS/c21-16(11-20-15-6-2-1-5-14(15)17-18-20)19(12-7-8-12)10-13-4-3-9-22-13/h1-6,9,12H,7-8,10-11H2. The van der Waals surface area contributed by atoms with Gasteiger partial charge in [-0.25, -0.2) is 4.68 Å². The summed E-state index contributed by atoms with van der Waals surface area (Å²) in [6.07, 6.45) is 2.21. The van der Waals surface area contributed by atoms with Gasteiger partial charge in [-0.1, -0.05) is 23.4 Å². The lowest BCUT2D eigenvalue weighted by atomic mass is 10.3. The Balaban J connectivity index is 1.54. The number of fused-ring (bicyclic) bond motifs is 1. The van der Waals surface area contributed by atoms with E-state index in [9.17, 15) is 4.79 Å². The van der Waals surface area contributed by atoms with E-state index in [1.165, 1.54) is 4.88 Å². The monoisotopic (exact) mass is 312 g/mol. The second-order valence-corrected chi connectivity index (χ2v) is 6.60. The first-order valence-corrected chi connectivity index (χ1v) is 8.29. The Morgan fingerprint density at radius 1 is 1.27 bits per heavy atom. The molecule has 0 aliphatic heterocycles. The van der Waals surface area contributed by atoms with E-state index in [-0.39, 0.29) is 12.5 Å². The Kier molecular flexibility index (Phi) is 3.38. The van der Waals surface area contributed by atoms with Gasteiger partial charge in [0.25, 0.3) is 0 Å². The Bertz CT molecular complexity index is 791. The molecule has 1 saturated carbocycles. The lowest BCUT2D eigenvalue weighted by Crippen LogP contribution is -2.35. The first kappa shape index (κ1) is 13.5. The van der Waals surface area contributed by atoms with E-state index in [2.05, 4.69) is 21.8 Å². The quantitative estimate of drug-likeness (QED) is 0.728. The summed E-state index contributed by atoms with van der Waals surface area (Å²) < 4.78 is 1.70. The molecule has 4 rings (SSSR count). The molecule has 0 bridgehead atoms. The first-order chi connectivity index (χ1) is 10.8. The van der Waals surface area contributed by atoms with Crippen molar-refractivity contribution in [1.82, 2.24) is 19.9 Å². The predicted molar refractivity (Wildman–Crippen MR) is 85.4 cm³/mol. The van der Waals surface area contributed by atoms with Crippen molar-refractivity contribution < 1.29 is 4.79 Å². The third-order valence-corrected chi connectivity index (χ3v) is 4.78. The summed E-state index contributed by atoms with van der Waals surface area (Å²) in [6.45, 7) is 0.955. The van der Waals surface area contributed by atoms with E-state index >= 15 is 0 Å². The van der Waals surface area contributed by atoms with Crippen molar-refractivity contribution in [3.8, 4) is 0 Å². The third-order valence-electron chi connectivity index (χ3n) is 3.92. The van der Waals surface area contributed by atoms with Crippen LogP contribution < -0.4 is 0 Å². The van der Waals surface area contributed by atoms with Crippen molar-refractivity contribution in [2.24, 2.45) is 0 Å². The highest BCUT2D eigenvalue weighted by Gasteiger charge is 2.33. The Morgan fingerprint density at radius 3 is 2.91 bits per heavy atom. The van der Waals surface area contributed by atoms with Crippen LogP contribution in [0.3, 0.4) is 0 Å². The summed E-state index contributed by atoms with van der Waals surface area (Å²) in [7, 11) is 0. The molecule has 1 aliphatic carbocycles. The zero-order chi connectivity index (χ0) is 14.9. The van der Waals surface area contributed by atoms with Crippen LogP contribution in [0.2, 0.25) is 0 Å². The fraction of sp³-hybridized carbons (Fsp3) is 0.312. The minimum atomic E-state index is 0.117. The predicted octanol–water partition coefficient (Wildman–Crippen LogP) is 2.68. The van der Waals surface area contributed by atoms with E-state index in [0.29, 0.717) is 12.6 Å². The van der Waals surface area contributed by atoms with Crippen LogP contribution in [0.1, 0.15) is 17.7 Å². The van der Waals surface area contributed by atoms with Gasteiger partial charge in [-0.05, 0) is 36.4 Å². The molecule has 0 N–H and O–H groups in total. The number of benzene rings is 1. The maximum absolute atomic E-state index is 12.7. The average Bonchev–Trinajstić information content (AvgIpc) is 3.09. The molecule has 1 aromatic carbocycles. The summed E-state index contributed by atoms with van der Waals surface area (Å²) in [5, 5.41) is 10.3. The minimum absolute atomic E-state index is 0.117. The van der Waals surface area contributed by atoms with Crippen LogP contribution in [0.15, 0.2) is 41.8 Å². The molecular formula is C16H16N4OS. The SMILES string of the molecule is O=C(Cn1nnc2ccccc21)N(Cc1cccs1)C1CC1. The van der Waals surface area contributed by atoms with Crippen molar-refractivity contribution in [2.45, 2.75) is 32.0 Å². The zero-order valence-corrected chi connectivity index (χ0v) is 12.9. The van der Waals surface area contributed by atoms with Crippen LogP contribution in [0.25, 0.3) is 11.0 Å². The fourth-order valence-electron chi connectivity index (χ4n) is 2.63. The number of nitrogens with zero attached hydrogens (tertiary/aromatic N) is 4. The number of amides is 1. The van der Waals surface area contributed by atoms with Crippen molar-refractivity contribution >= 4 is 28.3 Å². The molecule has 6 heteroatoms. The van der Waals surface area contributed by atoms with Crippen LogP contribution in [-0.4, -0.2) is 31.8 Å². The molecule has 5 nitrogen and oxygen atoms in total. The van der Waals surface area contributed by atoms with E-state index < -0.39 is 0 Å². The van der Waals surface area contributed by atoms with Crippen molar-refractivity contribution in [1.29, 1.82) is 0 Å². The normalized spacial score (nSPS) is 14.4.